The number of nitrogens with zero attached hydrogens (tertiary/aromatic N) is 5. The Morgan fingerprint density at radius 3 is 2.32 bits per heavy atom. The van der Waals surface area contributed by atoms with Crippen LogP contribution in [0, 0.1) is 11.3 Å². The van der Waals surface area contributed by atoms with Gasteiger partial charge in [0.1, 0.15) is 11.9 Å². The molecule has 1 fully saturated rings. The summed E-state index contributed by atoms with van der Waals surface area (Å²) in [6.07, 6.45) is 0. The Morgan fingerprint density at radius 1 is 1.14 bits per heavy atom. The molecule has 1 aliphatic rings. The third kappa shape index (κ3) is 2.91. The molecule has 120 valence electrons. The largest absolute Gasteiger partial charge is 0.383 e. The van der Waals surface area contributed by atoms with Gasteiger partial charge in [0.15, 0.2) is 5.56 Å². The fraction of sp³-hybridized carbons (Fsp3) is 0.643. The normalized spacial score (nSPS) is 15.8. The summed E-state index contributed by atoms with van der Waals surface area (Å²) in [6, 6.07) is 1.95. The molecule has 1 saturated heterocycles. The van der Waals surface area contributed by atoms with Crippen LogP contribution in [-0.2, 0) is 18.8 Å². The van der Waals surface area contributed by atoms with Crippen LogP contribution in [0.5, 0.6) is 0 Å². The number of ether oxygens (including phenoxy) is 1. The molecule has 0 radical (unpaired) electrons. The van der Waals surface area contributed by atoms with Crippen molar-refractivity contribution in [2.24, 2.45) is 14.1 Å². The van der Waals surface area contributed by atoms with Crippen LogP contribution >= 0.6 is 0 Å². The summed E-state index contributed by atoms with van der Waals surface area (Å²) < 4.78 is 7.42. The van der Waals surface area contributed by atoms with Crippen molar-refractivity contribution in [1.29, 1.82) is 5.26 Å². The van der Waals surface area contributed by atoms with Gasteiger partial charge in [-0.2, -0.15) is 5.26 Å². The Balaban J connectivity index is 2.30. The predicted molar refractivity (Wildman–Crippen MR) is 82.2 cm³/mol. The first kappa shape index (κ1) is 16.3. The topological polar surface area (TPSA) is 83.5 Å². The highest BCUT2D eigenvalue weighted by atomic mass is 16.5. The molecule has 0 atom stereocenters. The van der Waals surface area contributed by atoms with Crippen LogP contribution in [0.15, 0.2) is 9.59 Å². The monoisotopic (exact) mass is 307 g/mol. The van der Waals surface area contributed by atoms with Crippen LogP contribution < -0.4 is 16.1 Å². The Labute approximate surface area is 128 Å². The van der Waals surface area contributed by atoms with Crippen LogP contribution in [0.3, 0.4) is 0 Å². The van der Waals surface area contributed by atoms with Crippen molar-refractivity contribution in [2.45, 2.75) is 0 Å². The first-order chi connectivity index (χ1) is 10.5. The minimum Gasteiger partial charge on any atom is -0.383 e. The van der Waals surface area contributed by atoms with E-state index in [4.69, 9.17) is 4.74 Å². The third-order valence-corrected chi connectivity index (χ3v) is 4.03. The summed E-state index contributed by atoms with van der Waals surface area (Å²) in [7, 11) is 4.65. The average Bonchev–Trinajstić information content (AvgIpc) is 2.54. The van der Waals surface area contributed by atoms with Gasteiger partial charge in [-0.15, -0.1) is 0 Å². The van der Waals surface area contributed by atoms with Crippen molar-refractivity contribution in [3.05, 3.63) is 26.4 Å². The molecule has 0 spiro atoms. The molecule has 1 aliphatic heterocycles. The summed E-state index contributed by atoms with van der Waals surface area (Å²) in [5, 5.41) is 9.31. The van der Waals surface area contributed by atoms with Gasteiger partial charge in [-0.3, -0.25) is 18.8 Å². The molecule has 0 unspecified atom stereocenters. The zero-order valence-electron chi connectivity index (χ0n) is 13.2. The van der Waals surface area contributed by atoms with Gasteiger partial charge in [-0.25, -0.2) is 4.79 Å². The van der Waals surface area contributed by atoms with Crippen LogP contribution in [0.1, 0.15) is 5.56 Å². The lowest BCUT2D eigenvalue weighted by Gasteiger charge is -2.36. The number of aromatic nitrogens is 2. The Hall–Kier alpha value is -2.11. The van der Waals surface area contributed by atoms with Gasteiger partial charge in [0.2, 0.25) is 0 Å². The molecule has 1 aromatic heterocycles. The van der Waals surface area contributed by atoms with Gasteiger partial charge in [0.05, 0.1) is 6.61 Å². The fourth-order valence-electron chi connectivity index (χ4n) is 2.71. The van der Waals surface area contributed by atoms with Crippen LogP contribution in [0.2, 0.25) is 0 Å². The van der Waals surface area contributed by atoms with E-state index in [2.05, 4.69) is 4.90 Å². The highest BCUT2D eigenvalue weighted by molar-refractivity contribution is 5.53. The van der Waals surface area contributed by atoms with Crippen molar-refractivity contribution < 1.29 is 4.74 Å². The minimum absolute atomic E-state index is 0.0231. The van der Waals surface area contributed by atoms with Gasteiger partial charge in [-0.1, -0.05) is 0 Å². The molecular formula is C14H21N5O3. The van der Waals surface area contributed by atoms with Crippen molar-refractivity contribution in [3.8, 4) is 6.07 Å². The molecule has 0 aromatic carbocycles. The molecule has 0 bridgehead atoms. The Morgan fingerprint density at radius 2 is 1.77 bits per heavy atom. The molecule has 22 heavy (non-hydrogen) atoms. The zero-order chi connectivity index (χ0) is 16.3. The molecular weight excluding hydrogens is 286 g/mol. The number of nitriles is 1. The van der Waals surface area contributed by atoms with Gasteiger partial charge in [-0.05, 0) is 0 Å². The predicted octanol–water partition coefficient (Wildman–Crippen LogP) is -1.28. The molecule has 1 aromatic rings. The summed E-state index contributed by atoms with van der Waals surface area (Å²) >= 11 is 0. The number of anilines is 1. The lowest BCUT2D eigenvalue weighted by Crippen LogP contribution is -2.50. The van der Waals surface area contributed by atoms with Crippen molar-refractivity contribution in [3.63, 3.8) is 0 Å². The number of piperazine rings is 1. The van der Waals surface area contributed by atoms with Gasteiger partial charge < -0.3 is 9.64 Å². The maximum absolute atomic E-state index is 12.1. The van der Waals surface area contributed by atoms with Crippen molar-refractivity contribution in [2.75, 3.05) is 51.3 Å². The molecule has 2 rings (SSSR count). The van der Waals surface area contributed by atoms with E-state index in [0.717, 1.165) is 24.2 Å². The van der Waals surface area contributed by atoms with E-state index in [9.17, 15) is 14.9 Å². The highest BCUT2D eigenvalue weighted by Gasteiger charge is 2.24. The number of rotatable bonds is 4. The molecule has 0 amide bonds. The molecule has 0 N–H and O–H groups in total. The van der Waals surface area contributed by atoms with Crippen LogP contribution in [0.25, 0.3) is 0 Å². The van der Waals surface area contributed by atoms with Gasteiger partial charge in [0.25, 0.3) is 5.56 Å². The van der Waals surface area contributed by atoms with E-state index in [-0.39, 0.29) is 5.56 Å². The van der Waals surface area contributed by atoms with E-state index in [1.165, 1.54) is 11.6 Å². The maximum atomic E-state index is 12.1. The van der Waals surface area contributed by atoms with Crippen molar-refractivity contribution >= 4 is 5.82 Å². The quantitative estimate of drug-likeness (QED) is 0.689. The zero-order valence-corrected chi connectivity index (χ0v) is 13.2. The van der Waals surface area contributed by atoms with E-state index < -0.39 is 11.2 Å². The SMILES string of the molecule is COCCN1CCN(c2c(C#N)c(=O)n(C)c(=O)n2C)CC1. The van der Waals surface area contributed by atoms with E-state index >= 15 is 0 Å². The van der Waals surface area contributed by atoms with Crippen LogP contribution in [-0.4, -0.2) is 60.5 Å². The van der Waals surface area contributed by atoms with Crippen molar-refractivity contribution in [1.82, 2.24) is 14.0 Å². The standard InChI is InChI=1S/C14H21N5O3/c1-16-12(11(10-15)13(20)17(2)14(16)21)19-6-4-18(5-7-19)8-9-22-3/h4-9H2,1-3H3. The van der Waals surface area contributed by atoms with Gasteiger partial charge in [0, 0.05) is 53.9 Å². The first-order valence-electron chi connectivity index (χ1n) is 7.17. The maximum Gasteiger partial charge on any atom is 0.332 e. The fourth-order valence-corrected chi connectivity index (χ4v) is 2.71. The number of hydrogen-bond acceptors (Lipinski definition) is 6. The summed E-state index contributed by atoms with van der Waals surface area (Å²) in [5.41, 5.74) is -0.932. The van der Waals surface area contributed by atoms with Gasteiger partial charge >= 0.3 is 5.69 Å². The van der Waals surface area contributed by atoms with E-state index in [0.29, 0.717) is 25.5 Å². The Bertz CT molecular complexity index is 692. The summed E-state index contributed by atoms with van der Waals surface area (Å²) in [6.45, 7) is 4.46. The molecule has 0 saturated carbocycles. The Kier molecular flexibility index (Phi) is 5.00. The number of hydrogen-bond donors (Lipinski definition) is 0. The second kappa shape index (κ2) is 6.77. The number of methoxy groups -OCH3 is 1. The third-order valence-electron chi connectivity index (χ3n) is 4.03. The smallest absolute Gasteiger partial charge is 0.332 e. The lowest BCUT2D eigenvalue weighted by molar-refractivity contribution is 0.143. The molecule has 8 heteroatoms. The lowest BCUT2D eigenvalue weighted by atomic mass is 10.2. The molecule has 0 aliphatic carbocycles. The highest BCUT2D eigenvalue weighted by Crippen LogP contribution is 2.16. The van der Waals surface area contributed by atoms with E-state index in [1.807, 2.05) is 11.0 Å². The average molecular weight is 307 g/mol. The van der Waals surface area contributed by atoms with Crippen LogP contribution in [0.4, 0.5) is 5.82 Å². The molecule has 8 nitrogen and oxygen atoms in total. The second-order valence-corrected chi connectivity index (χ2v) is 5.34. The minimum atomic E-state index is -0.539. The molecule has 2 heterocycles. The first-order valence-corrected chi connectivity index (χ1v) is 7.17. The summed E-state index contributed by atoms with van der Waals surface area (Å²) in [5.74, 6) is 0.419. The second-order valence-electron chi connectivity index (χ2n) is 5.34. The van der Waals surface area contributed by atoms with E-state index in [1.54, 1.807) is 14.2 Å². The summed E-state index contributed by atoms with van der Waals surface area (Å²) in [4.78, 5) is 28.4.